The fourth-order valence-corrected chi connectivity index (χ4v) is 3.45. The number of aryl methyl sites for hydroxylation is 2. The van der Waals surface area contributed by atoms with E-state index < -0.39 is 0 Å². The zero-order chi connectivity index (χ0) is 16.8. The number of thiophene rings is 1. The topological polar surface area (TPSA) is 75.6 Å². The second-order valence-electron chi connectivity index (χ2n) is 6.59. The zero-order valence-electron chi connectivity index (χ0n) is 14.0. The third kappa shape index (κ3) is 2.76. The van der Waals surface area contributed by atoms with Crippen LogP contribution in [0.2, 0.25) is 0 Å². The zero-order valence-corrected chi connectivity index (χ0v) is 14.8. The van der Waals surface area contributed by atoms with Gasteiger partial charge < -0.3 is 5.32 Å². The SMILES string of the molecule is CCc1nn(C)c2n[nH]c(NC(=O)c3ccc(C(C)(C)C)s3)c12. The number of nitrogens with zero attached hydrogens (tertiary/aromatic N) is 3. The van der Waals surface area contributed by atoms with Crippen molar-refractivity contribution in [2.24, 2.45) is 7.05 Å². The van der Waals surface area contributed by atoms with Gasteiger partial charge in [-0.15, -0.1) is 11.3 Å². The normalized spacial score (nSPS) is 12.0. The van der Waals surface area contributed by atoms with Gasteiger partial charge in [0.05, 0.1) is 16.0 Å². The van der Waals surface area contributed by atoms with Crippen LogP contribution in [0.5, 0.6) is 0 Å². The molecule has 3 rings (SSSR count). The van der Waals surface area contributed by atoms with Crippen LogP contribution in [0.1, 0.15) is 47.9 Å². The molecule has 0 radical (unpaired) electrons. The number of hydrogen-bond acceptors (Lipinski definition) is 4. The molecule has 0 atom stereocenters. The number of nitrogens with one attached hydrogen (secondary N) is 2. The molecule has 23 heavy (non-hydrogen) atoms. The Balaban J connectivity index is 1.90. The molecule has 3 aromatic heterocycles. The van der Waals surface area contributed by atoms with Crippen molar-refractivity contribution in [3.8, 4) is 0 Å². The van der Waals surface area contributed by atoms with E-state index in [0.29, 0.717) is 10.7 Å². The summed E-state index contributed by atoms with van der Waals surface area (Å²) in [5.74, 6) is 0.489. The van der Waals surface area contributed by atoms with E-state index >= 15 is 0 Å². The number of rotatable bonds is 3. The summed E-state index contributed by atoms with van der Waals surface area (Å²) in [4.78, 5) is 14.4. The Bertz CT molecular complexity index is 865. The van der Waals surface area contributed by atoms with Gasteiger partial charge in [0.25, 0.3) is 5.91 Å². The number of aromatic nitrogens is 4. The Kier molecular flexibility index (Phi) is 3.75. The molecule has 0 aliphatic rings. The van der Waals surface area contributed by atoms with Crippen molar-refractivity contribution in [2.75, 3.05) is 5.32 Å². The van der Waals surface area contributed by atoms with Gasteiger partial charge in [0, 0.05) is 11.9 Å². The van der Waals surface area contributed by atoms with Crippen molar-refractivity contribution in [3.05, 3.63) is 27.6 Å². The van der Waals surface area contributed by atoms with Crippen LogP contribution in [0, 0.1) is 0 Å². The first-order valence-corrected chi connectivity index (χ1v) is 8.44. The van der Waals surface area contributed by atoms with Crippen LogP contribution in [0.3, 0.4) is 0 Å². The molecule has 0 aliphatic heterocycles. The molecule has 6 nitrogen and oxygen atoms in total. The Hall–Kier alpha value is -2.15. The van der Waals surface area contributed by atoms with E-state index in [2.05, 4.69) is 41.4 Å². The maximum Gasteiger partial charge on any atom is 0.266 e. The largest absolute Gasteiger partial charge is 0.306 e. The Morgan fingerprint density at radius 1 is 1.39 bits per heavy atom. The molecule has 1 amide bonds. The molecule has 122 valence electrons. The lowest BCUT2D eigenvalue weighted by Crippen LogP contribution is -2.11. The monoisotopic (exact) mass is 331 g/mol. The predicted molar refractivity (Wildman–Crippen MR) is 93.2 cm³/mol. The smallest absolute Gasteiger partial charge is 0.266 e. The average molecular weight is 331 g/mol. The molecule has 0 aromatic carbocycles. The highest BCUT2D eigenvalue weighted by atomic mass is 32.1. The summed E-state index contributed by atoms with van der Waals surface area (Å²) in [5, 5.41) is 15.4. The van der Waals surface area contributed by atoms with Crippen LogP contribution in [-0.2, 0) is 18.9 Å². The van der Waals surface area contributed by atoms with Crippen LogP contribution in [-0.4, -0.2) is 25.9 Å². The van der Waals surface area contributed by atoms with Crippen molar-refractivity contribution in [1.82, 2.24) is 20.0 Å². The number of aromatic amines is 1. The quantitative estimate of drug-likeness (QED) is 0.771. The summed E-state index contributed by atoms with van der Waals surface area (Å²) in [6, 6.07) is 3.89. The van der Waals surface area contributed by atoms with E-state index in [1.165, 1.54) is 16.2 Å². The predicted octanol–water partition coefficient (Wildman–Crippen LogP) is 3.47. The molecule has 0 saturated heterocycles. The Labute approximate surface area is 138 Å². The van der Waals surface area contributed by atoms with Gasteiger partial charge in [-0.25, -0.2) is 4.68 Å². The summed E-state index contributed by atoms with van der Waals surface area (Å²) in [6.07, 6.45) is 0.785. The summed E-state index contributed by atoms with van der Waals surface area (Å²) in [6.45, 7) is 8.46. The molecule has 0 bridgehead atoms. The molecule has 3 aromatic rings. The summed E-state index contributed by atoms with van der Waals surface area (Å²) >= 11 is 1.52. The molecule has 0 saturated carbocycles. The molecule has 7 heteroatoms. The standard InChI is InChI=1S/C16H21N5OS/c1-6-9-12-13(18-19-14(12)21(5)20-9)17-15(22)10-7-8-11(23-10)16(2,3)4/h7-8H,6H2,1-5H3,(H2,17,18,19,22). The molecular formula is C16H21N5OS. The highest BCUT2D eigenvalue weighted by Crippen LogP contribution is 2.30. The van der Waals surface area contributed by atoms with Crippen molar-refractivity contribution >= 4 is 34.1 Å². The number of fused-ring (bicyclic) bond motifs is 1. The summed E-state index contributed by atoms with van der Waals surface area (Å²) < 4.78 is 1.73. The molecule has 0 aliphatic carbocycles. The lowest BCUT2D eigenvalue weighted by Gasteiger charge is -2.15. The minimum Gasteiger partial charge on any atom is -0.306 e. The third-order valence-electron chi connectivity index (χ3n) is 3.76. The van der Waals surface area contributed by atoms with Crippen LogP contribution in [0.15, 0.2) is 12.1 Å². The third-order valence-corrected chi connectivity index (χ3v) is 5.27. The van der Waals surface area contributed by atoms with Gasteiger partial charge in [0.1, 0.15) is 5.82 Å². The summed E-state index contributed by atoms with van der Waals surface area (Å²) in [7, 11) is 1.85. The van der Waals surface area contributed by atoms with Crippen molar-refractivity contribution < 1.29 is 4.79 Å². The molecule has 3 heterocycles. The van der Waals surface area contributed by atoms with Crippen LogP contribution < -0.4 is 5.32 Å². The Morgan fingerprint density at radius 2 is 2.13 bits per heavy atom. The molecule has 0 unspecified atom stereocenters. The summed E-state index contributed by atoms with van der Waals surface area (Å²) in [5.41, 5.74) is 1.72. The fourth-order valence-electron chi connectivity index (χ4n) is 2.49. The average Bonchev–Trinajstić information content (AvgIpc) is 3.16. The van der Waals surface area contributed by atoms with Crippen LogP contribution >= 0.6 is 11.3 Å². The van der Waals surface area contributed by atoms with Gasteiger partial charge in [-0.2, -0.15) is 10.2 Å². The van der Waals surface area contributed by atoms with E-state index in [1.54, 1.807) is 4.68 Å². The Morgan fingerprint density at radius 3 is 2.74 bits per heavy atom. The molecule has 2 N–H and O–H groups in total. The lowest BCUT2D eigenvalue weighted by molar-refractivity contribution is 0.103. The van der Waals surface area contributed by atoms with Crippen LogP contribution in [0.4, 0.5) is 5.82 Å². The highest BCUT2D eigenvalue weighted by Gasteiger charge is 2.21. The van der Waals surface area contributed by atoms with E-state index in [-0.39, 0.29) is 11.3 Å². The van der Waals surface area contributed by atoms with Crippen molar-refractivity contribution in [3.63, 3.8) is 0 Å². The van der Waals surface area contributed by atoms with E-state index in [4.69, 9.17) is 0 Å². The maximum absolute atomic E-state index is 12.5. The molecule has 0 fully saturated rings. The number of H-pyrrole nitrogens is 1. The fraction of sp³-hybridized carbons (Fsp3) is 0.438. The van der Waals surface area contributed by atoms with E-state index in [9.17, 15) is 4.79 Å². The molecule has 0 spiro atoms. The van der Waals surface area contributed by atoms with Gasteiger partial charge in [-0.05, 0) is 24.0 Å². The lowest BCUT2D eigenvalue weighted by atomic mass is 9.95. The van der Waals surface area contributed by atoms with Gasteiger partial charge >= 0.3 is 0 Å². The van der Waals surface area contributed by atoms with Gasteiger partial charge in [-0.3, -0.25) is 9.89 Å². The number of hydrogen-bond donors (Lipinski definition) is 2. The van der Waals surface area contributed by atoms with Gasteiger partial charge in [0.2, 0.25) is 0 Å². The van der Waals surface area contributed by atoms with Gasteiger partial charge in [0.15, 0.2) is 5.65 Å². The van der Waals surface area contributed by atoms with Crippen LogP contribution in [0.25, 0.3) is 11.0 Å². The highest BCUT2D eigenvalue weighted by molar-refractivity contribution is 7.14. The van der Waals surface area contributed by atoms with Gasteiger partial charge in [-0.1, -0.05) is 27.7 Å². The first kappa shape index (κ1) is 15.7. The second-order valence-corrected chi connectivity index (χ2v) is 7.67. The minimum absolute atomic E-state index is 0.0448. The number of carbonyl (C=O) groups excluding carboxylic acids is 1. The number of carbonyl (C=O) groups is 1. The molecular weight excluding hydrogens is 310 g/mol. The van der Waals surface area contributed by atoms with Crippen molar-refractivity contribution in [1.29, 1.82) is 0 Å². The second kappa shape index (κ2) is 5.49. The van der Waals surface area contributed by atoms with Crippen molar-refractivity contribution in [2.45, 2.75) is 39.5 Å². The van der Waals surface area contributed by atoms with E-state index in [1.807, 2.05) is 26.1 Å². The number of anilines is 1. The first-order chi connectivity index (χ1) is 10.8. The van der Waals surface area contributed by atoms with E-state index in [0.717, 1.165) is 23.1 Å². The minimum atomic E-state index is -0.123. The maximum atomic E-state index is 12.5. The number of amides is 1. The first-order valence-electron chi connectivity index (χ1n) is 7.63.